The molecule has 0 spiro atoms. The Morgan fingerprint density at radius 2 is 1.74 bits per heavy atom. The van der Waals surface area contributed by atoms with Crippen molar-refractivity contribution in [1.29, 1.82) is 0 Å². The fraction of sp³-hybridized carbons (Fsp3) is 0.400. The Kier molecular flexibility index (Phi) is 9.00. The Labute approximate surface area is 214 Å². The highest BCUT2D eigenvalue weighted by Gasteiger charge is 2.21. The smallest absolute Gasteiger partial charge is 0.107 e. The van der Waals surface area contributed by atoms with Gasteiger partial charge in [0.25, 0.3) is 0 Å². The summed E-state index contributed by atoms with van der Waals surface area (Å²) in [7, 11) is 0. The molecule has 2 aromatic heterocycles. The summed E-state index contributed by atoms with van der Waals surface area (Å²) < 4.78 is 4.89. The molecule has 2 aromatic carbocycles. The van der Waals surface area contributed by atoms with Crippen molar-refractivity contribution in [2.75, 3.05) is 0 Å². The zero-order valence-electron chi connectivity index (χ0n) is 21.5. The number of aryl methyl sites for hydroxylation is 1. The summed E-state index contributed by atoms with van der Waals surface area (Å²) in [6.07, 6.45) is 8.66. The number of pyridine rings is 1. The summed E-state index contributed by atoms with van der Waals surface area (Å²) in [5, 5.41) is 0. The highest BCUT2D eigenvalue weighted by Crippen LogP contribution is 2.32. The van der Waals surface area contributed by atoms with E-state index in [-0.39, 0.29) is 0 Å². The van der Waals surface area contributed by atoms with Gasteiger partial charge in [-0.05, 0) is 67.0 Å². The average Bonchev–Trinajstić information content (AvgIpc) is 3.17. The van der Waals surface area contributed by atoms with Crippen LogP contribution in [0.15, 0.2) is 78.0 Å². The third-order valence-corrected chi connectivity index (χ3v) is 7.60. The van der Waals surface area contributed by atoms with Crippen molar-refractivity contribution in [2.45, 2.75) is 77.4 Å². The molecule has 0 aliphatic carbocycles. The number of hydrogen-bond acceptors (Lipinski definition) is 4. The number of unbranched alkanes of at least 4 members (excludes halogenated alkanes) is 1. The van der Waals surface area contributed by atoms with Crippen molar-refractivity contribution in [3.63, 3.8) is 0 Å². The van der Waals surface area contributed by atoms with E-state index >= 15 is 0 Å². The molecule has 5 heteroatoms. The number of imidazole rings is 1. The van der Waals surface area contributed by atoms with Gasteiger partial charge in [0.15, 0.2) is 0 Å². The Hall–Kier alpha value is -2.63. The average molecular weight is 487 g/mol. The second-order valence-corrected chi connectivity index (χ2v) is 11.0. The van der Waals surface area contributed by atoms with Gasteiger partial charge >= 0.3 is 0 Å². The van der Waals surface area contributed by atoms with Crippen LogP contribution in [0.5, 0.6) is 0 Å². The van der Waals surface area contributed by atoms with Crippen molar-refractivity contribution in [1.82, 2.24) is 18.8 Å². The molecule has 0 fully saturated rings. The summed E-state index contributed by atoms with van der Waals surface area (Å²) in [6.45, 7) is 10.8. The number of benzene rings is 2. The predicted molar refractivity (Wildman–Crippen MR) is 148 cm³/mol. The van der Waals surface area contributed by atoms with Gasteiger partial charge in [-0.1, -0.05) is 76.1 Å². The summed E-state index contributed by atoms with van der Waals surface area (Å²) in [5.74, 6) is 1.70. The fourth-order valence-electron chi connectivity index (χ4n) is 4.64. The third kappa shape index (κ3) is 6.96. The van der Waals surface area contributed by atoms with Gasteiger partial charge in [-0.3, -0.25) is 4.98 Å². The molecular weight excluding hydrogens is 448 g/mol. The van der Waals surface area contributed by atoms with Crippen LogP contribution in [-0.4, -0.2) is 24.9 Å². The Balaban J connectivity index is 1.52. The minimum Gasteiger partial charge on any atom is -0.324 e. The van der Waals surface area contributed by atoms with Crippen LogP contribution in [0.2, 0.25) is 0 Å². The molecule has 4 rings (SSSR count). The molecule has 0 aliphatic heterocycles. The van der Waals surface area contributed by atoms with Crippen LogP contribution in [-0.2, 0) is 13.1 Å². The zero-order valence-corrected chi connectivity index (χ0v) is 22.3. The first-order chi connectivity index (χ1) is 17.0. The number of nitrogens with zero attached hydrogens (tertiary/aromatic N) is 4. The van der Waals surface area contributed by atoms with E-state index in [1.165, 1.54) is 41.7 Å². The molecule has 4 aromatic rings. The highest BCUT2D eigenvalue weighted by molar-refractivity contribution is 7.97. The van der Waals surface area contributed by atoms with Gasteiger partial charge in [-0.25, -0.2) is 9.29 Å². The first-order valence-corrected chi connectivity index (χ1v) is 13.6. The molecule has 0 saturated carbocycles. The molecule has 0 N–H and O–H groups in total. The van der Waals surface area contributed by atoms with Crippen LogP contribution in [0.3, 0.4) is 0 Å². The van der Waals surface area contributed by atoms with Crippen molar-refractivity contribution < 1.29 is 0 Å². The van der Waals surface area contributed by atoms with E-state index in [1.807, 2.05) is 30.4 Å². The topological polar surface area (TPSA) is 34.0 Å². The maximum atomic E-state index is 4.66. The molecule has 2 heterocycles. The third-order valence-electron chi connectivity index (χ3n) is 6.45. The highest BCUT2D eigenvalue weighted by atomic mass is 32.2. The molecule has 0 radical (unpaired) electrons. The lowest BCUT2D eigenvalue weighted by Crippen LogP contribution is -2.30. The van der Waals surface area contributed by atoms with Crippen molar-refractivity contribution >= 4 is 23.0 Å². The van der Waals surface area contributed by atoms with Gasteiger partial charge in [-0.2, -0.15) is 0 Å². The lowest BCUT2D eigenvalue weighted by atomic mass is 9.98. The Morgan fingerprint density at radius 1 is 0.971 bits per heavy atom. The Bertz CT molecular complexity index is 1180. The summed E-state index contributed by atoms with van der Waals surface area (Å²) in [4.78, 5) is 10.2. The van der Waals surface area contributed by atoms with E-state index in [9.17, 15) is 0 Å². The number of aromatic nitrogens is 3. The SMILES string of the molecule is CCCCC(CC(C)C)N(Cc1ccccc1)Sc1ccc(Cn2c(C)nc3cnccc32)cc1. The molecule has 184 valence electrons. The van der Waals surface area contributed by atoms with E-state index in [0.29, 0.717) is 12.0 Å². The van der Waals surface area contributed by atoms with E-state index in [4.69, 9.17) is 0 Å². The van der Waals surface area contributed by atoms with Crippen LogP contribution in [0.1, 0.15) is 63.4 Å². The predicted octanol–water partition coefficient (Wildman–Crippen LogP) is 7.90. The molecule has 35 heavy (non-hydrogen) atoms. The molecule has 4 nitrogen and oxygen atoms in total. The van der Waals surface area contributed by atoms with Crippen molar-refractivity contribution in [3.05, 3.63) is 90.0 Å². The Morgan fingerprint density at radius 3 is 2.46 bits per heavy atom. The first kappa shape index (κ1) is 25.5. The van der Waals surface area contributed by atoms with Crippen LogP contribution in [0.4, 0.5) is 0 Å². The summed E-state index contributed by atoms with van der Waals surface area (Å²) in [6, 6.07) is 22.6. The van der Waals surface area contributed by atoms with Gasteiger partial charge in [-0.15, -0.1) is 0 Å². The summed E-state index contributed by atoms with van der Waals surface area (Å²) >= 11 is 1.91. The fourth-order valence-corrected chi connectivity index (χ4v) is 5.72. The van der Waals surface area contributed by atoms with E-state index in [1.54, 1.807) is 0 Å². The molecule has 1 unspecified atom stereocenters. The van der Waals surface area contributed by atoms with E-state index < -0.39 is 0 Å². The van der Waals surface area contributed by atoms with Crippen LogP contribution >= 0.6 is 11.9 Å². The standard InChI is InChI=1S/C30H38N4S/c1-5-6-12-27(19-23(2)3)34(22-25-10-8-7-9-11-25)35-28-15-13-26(14-16-28)21-33-24(4)32-29-20-31-18-17-30(29)33/h7-11,13-18,20,23,27H,5-6,12,19,21-22H2,1-4H3. The molecule has 0 bridgehead atoms. The van der Waals surface area contributed by atoms with Gasteiger partial charge in [0.05, 0.1) is 11.7 Å². The lowest BCUT2D eigenvalue weighted by molar-refractivity contribution is 0.277. The number of fused-ring (bicyclic) bond motifs is 1. The second kappa shape index (κ2) is 12.4. The zero-order chi connectivity index (χ0) is 24.6. The molecule has 0 saturated heterocycles. The molecule has 0 amide bonds. The van der Waals surface area contributed by atoms with Crippen LogP contribution in [0.25, 0.3) is 11.0 Å². The van der Waals surface area contributed by atoms with Gasteiger partial charge < -0.3 is 4.57 Å². The van der Waals surface area contributed by atoms with Crippen LogP contribution < -0.4 is 0 Å². The lowest BCUT2D eigenvalue weighted by Gasteiger charge is -2.32. The maximum Gasteiger partial charge on any atom is 0.107 e. The molecule has 0 aliphatic rings. The van der Waals surface area contributed by atoms with E-state index in [0.717, 1.165) is 29.9 Å². The maximum absolute atomic E-state index is 4.66. The largest absolute Gasteiger partial charge is 0.324 e. The molecule has 1 atom stereocenters. The monoisotopic (exact) mass is 486 g/mol. The first-order valence-electron chi connectivity index (χ1n) is 12.9. The second-order valence-electron chi connectivity index (χ2n) is 9.83. The van der Waals surface area contributed by atoms with Gasteiger partial charge in [0, 0.05) is 30.2 Å². The minimum atomic E-state index is 0.563. The van der Waals surface area contributed by atoms with Crippen LogP contribution in [0, 0.1) is 12.8 Å². The van der Waals surface area contributed by atoms with Crippen molar-refractivity contribution in [2.24, 2.45) is 5.92 Å². The minimum absolute atomic E-state index is 0.563. The normalized spacial score (nSPS) is 12.6. The molecular formula is C30H38N4S. The summed E-state index contributed by atoms with van der Waals surface area (Å²) in [5.41, 5.74) is 4.75. The van der Waals surface area contributed by atoms with Gasteiger partial charge in [0.1, 0.15) is 11.3 Å². The number of hydrogen-bond donors (Lipinski definition) is 0. The number of rotatable bonds is 12. The van der Waals surface area contributed by atoms with E-state index in [2.05, 4.69) is 101 Å². The van der Waals surface area contributed by atoms with Gasteiger partial charge in [0.2, 0.25) is 0 Å². The quantitative estimate of drug-likeness (QED) is 0.191. The van der Waals surface area contributed by atoms with Crippen molar-refractivity contribution in [3.8, 4) is 0 Å².